The van der Waals surface area contributed by atoms with Gasteiger partial charge >= 0.3 is 0 Å². The normalized spacial score (nSPS) is 52.9. The van der Waals surface area contributed by atoms with E-state index in [-0.39, 0.29) is 0 Å². The van der Waals surface area contributed by atoms with Gasteiger partial charge < -0.3 is 9.47 Å². The van der Waals surface area contributed by atoms with Crippen LogP contribution in [0, 0.1) is 23.7 Å². The van der Waals surface area contributed by atoms with Crippen molar-refractivity contribution in [3.05, 3.63) is 35.4 Å². The zero-order valence-corrected chi connectivity index (χ0v) is 28.4. The highest BCUT2D eigenvalue weighted by Crippen LogP contribution is 2.58. The second kappa shape index (κ2) is 11.3. The maximum absolute atomic E-state index is 6.94. The summed E-state index contributed by atoms with van der Waals surface area (Å²) in [7, 11) is 0. The number of fused-ring (bicyclic) bond motifs is 10. The number of hydrogen-bond acceptors (Lipinski definition) is 4. The minimum absolute atomic E-state index is 0.534. The minimum Gasteiger partial charge on any atom is -0.372 e. The molecule has 0 aromatic heterocycles. The Morgan fingerprint density at radius 3 is 1.43 bits per heavy atom. The van der Waals surface area contributed by atoms with Gasteiger partial charge in [-0.3, -0.25) is 9.80 Å². The van der Waals surface area contributed by atoms with Crippen molar-refractivity contribution in [2.75, 3.05) is 0 Å². The van der Waals surface area contributed by atoms with E-state index in [1.165, 1.54) is 128 Å². The maximum atomic E-state index is 6.94. The molecule has 4 nitrogen and oxygen atoms in total. The molecule has 1 aromatic rings. The Morgan fingerprint density at radius 1 is 0.435 bits per heavy atom. The van der Waals surface area contributed by atoms with E-state index < -0.39 is 0 Å². The Kier molecular flexibility index (Phi) is 7.08. The van der Waals surface area contributed by atoms with Crippen molar-refractivity contribution in [1.29, 1.82) is 0 Å². The molecule has 0 amide bonds. The second-order valence-electron chi connectivity index (χ2n) is 18.3. The highest BCUT2D eigenvalue weighted by atomic mass is 16.5. The predicted molar refractivity (Wildman–Crippen MR) is 182 cm³/mol. The van der Waals surface area contributed by atoms with Crippen LogP contribution in [0.4, 0.5) is 0 Å². The third-order valence-corrected chi connectivity index (χ3v) is 16.6. The van der Waals surface area contributed by atoms with Crippen LogP contribution in [0.25, 0.3) is 0 Å². The summed E-state index contributed by atoms with van der Waals surface area (Å²) in [6.45, 7) is 0. The van der Waals surface area contributed by atoms with Crippen LogP contribution in [0.15, 0.2) is 24.3 Å². The summed E-state index contributed by atoms with van der Waals surface area (Å²) in [6, 6.07) is 14.9. The average Bonchev–Trinajstić information content (AvgIpc) is 3.63. The lowest BCUT2D eigenvalue weighted by Gasteiger charge is -2.53. The highest BCUT2D eigenvalue weighted by Gasteiger charge is 2.61. The van der Waals surface area contributed by atoms with Gasteiger partial charge in [-0.15, -0.1) is 0 Å². The largest absolute Gasteiger partial charge is 0.372 e. The zero-order valence-electron chi connectivity index (χ0n) is 28.4. The van der Waals surface area contributed by atoms with Crippen LogP contribution in [-0.4, -0.2) is 70.5 Å². The maximum Gasteiger partial charge on any atom is 0.0737 e. The molecule has 4 heteroatoms. The van der Waals surface area contributed by atoms with E-state index in [9.17, 15) is 0 Å². The molecule has 4 aliphatic heterocycles. The summed E-state index contributed by atoms with van der Waals surface area (Å²) >= 11 is 0. The number of ether oxygens (including phenoxy) is 2. The van der Waals surface area contributed by atoms with Crippen LogP contribution < -0.4 is 0 Å². The molecule has 4 saturated heterocycles. The number of nitrogens with zero attached hydrogens (tertiary/aromatic N) is 2. The first kappa shape index (κ1) is 28.9. The van der Waals surface area contributed by atoms with Crippen LogP contribution in [-0.2, 0) is 9.47 Å². The summed E-state index contributed by atoms with van der Waals surface area (Å²) in [6.07, 6.45) is 30.1. The summed E-state index contributed by atoms with van der Waals surface area (Å²) in [4.78, 5) is 6.28. The van der Waals surface area contributed by atoms with Gasteiger partial charge in [0.1, 0.15) is 0 Å². The summed E-state index contributed by atoms with van der Waals surface area (Å²) in [5.74, 6) is 5.11. The molecule has 6 saturated carbocycles. The van der Waals surface area contributed by atoms with Gasteiger partial charge in [0.25, 0.3) is 0 Å². The van der Waals surface area contributed by atoms with Crippen molar-refractivity contribution < 1.29 is 9.47 Å². The van der Waals surface area contributed by atoms with Crippen LogP contribution in [0.5, 0.6) is 0 Å². The molecule has 11 rings (SSSR count). The standard InChI is InChI=1S/C42H60N2O2/c1-3-14-37-35(12-1)43-33-20-18-27(23-31(33)29-10-6-16-39(45-37)41(29)43)25-8-5-9-26(22-25)28-19-21-34-32(24-28)30-11-7-17-40-42(30)44(34)36-13-2-4-15-38(36)46-40/h5,8-9,22,27-42H,1-4,6-7,10-21,23-24H2. The summed E-state index contributed by atoms with van der Waals surface area (Å²) < 4.78 is 13.9. The Bertz CT molecular complexity index is 1210. The van der Waals surface area contributed by atoms with Crippen molar-refractivity contribution >= 4 is 0 Å². The highest BCUT2D eigenvalue weighted by molar-refractivity contribution is 5.31. The fourth-order valence-corrected chi connectivity index (χ4v) is 15.1. The first-order valence-corrected chi connectivity index (χ1v) is 20.8. The van der Waals surface area contributed by atoms with E-state index in [1.54, 1.807) is 11.1 Å². The monoisotopic (exact) mass is 624 g/mol. The first-order chi connectivity index (χ1) is 22.8. The fourth-order valence-electron chi connectivity index (χ4n) is 15.1. The number of morpholine rings is 2. The minimum atomic E-state index is 0.534. The Hall–Kier alpha value is -0.940. The fraction of sp³-hybridized carbons (Fsp3) is 0.857. The predicted octanol–water partition coefficient (Wildman–Crippen LogP) is 8.58. The van der Waals surface area contributed by atoms with Gasteiger partial charge in [0.05, 0.1) is 24.4 Å². The Labute approximate surface area is 278 Å². The molecule has 0 radical (unpaired) electrons. The Balaban J connectivity index is 0.829. The molecule has 1 aromatic carbocycles. The topological polar surface area (TPSA) is 24.9 Å². The molecule has 16 unspecified atom stereocenters. The van der Waals surface area contributed by atoms with Crippen molar-refractivity contribution in [2.45, 2.75) is 201 Å². The lowest BCUT2D eigenvalue weighted by molar-refractivity contribution is -0.177. The van der Waals surface area contributed by atoms with Gasteiger partial charge in [-0.05, 0) is 137 Å². The third-order valence-electron chi connectivity index (χ3n) is 16.6. The van der Waals surface area contributed by atoms with E-state index in [4.69, 9.17) is 9.47 Å². The van der Waals surface area contributed by atoms with Crippen molar-refractivity contribution in [1.82, 2.24) is 9.80 Å². The van der Waals surface area contributed by atoms with Crippen LogP contribution >= 0.6 is 0 Å². The van der Waals surface area contributed by atoms with Gasteiger partial charge in [-0.2, -0.15) is 0 Å². The molecular weight excluding hydrogens is 564 g/mol. The van der Waals surface area contributed by atoms with Gasteiger partial charge in [0.15, 0.2) is 0 Å². The SMILES string of the molecule is c1cc(C2CCC3C(C2)C2CCCC4OC5CCCCC5N3C42)cc(C2CCC3C(C2)C2CCCC4OC5CCCCC5N3C42)c1. The van der Waals surface area contributed by atoms with Crippen LogP contribution in [0.1, 0.15) is 151 Å². The molecule has 16 atom stereocenters. The lowest BCUT2D eigenvalue weighted by Crippen LogP contribution is -2.63. The van der Waals surface area contributed by atoms with E-state index in [0.717, 1.165) is 71.8 Å². The molecular formula is C42H60N2O2. The molecule has 0 N–H and O–H groups in total. The van der Waals surface area contributed by atoms with Gasteiger partial charge in [-0.25, -0.2) is 0 Å². The third kappa shape index (κ3) is 4.30. The molecule has 0 bridgehead atoms. The lowest BCUT2D eigenvalue weighted by atomic mass is 9.67. The molecule has 10 fully saturated rings. The molecule has 250 valence electrons. The van der Waals surface area contributed by atoms with Gasteiger partial charge in [0.2, 0.25) is 0 Å². The summed E-state index contributed by atoms with van der Waals surface area (Å²) in [5, 5.41) is 0. The van der Waals surface area contributed by atoms with Crippen LogP contribution in [0.2, 0.25) is 0 Å². The molecule has 4 heterocycles. The molecule has 10 aliphatic rings. The molecule has 46 heavy (non-hydrogen) atoms. The van der Waals surface area contributed by atoms with Crippen molar-refractivity contribution in [2.24, 2.45) is 23.7 Å². The second-order valence-corrected chi connectivity index (χ2v) is 18.3. The average molecular weight is 625 g/mol. The quantitative estimate of drug-likeness (QED) is 0.329. The van der Waals surface area contributed by atoms with Crippen molar-refractivity contribution in [3.8, 4) is 0 Å². The molecule has 6 aliphatic carbocycles. The Morgan fingerprint density at radius 2 is 0.913 bits per heavy atom. The van der Waals surface area contributed by atoms with Crippen molar-refractivity contribution in [3.63, 3.8) is 0 Å². The van der Waals surface area contributed by atoms with Gasteiger partial charge in [-0.1, -0.05) is 62.8 Å². The number of rotatable bonds is 2. The van der Waals surface area contributed by atoms with E-state index in [1.807, 2.05) is 0 Å². The van der Waals surface area contributed by atoms with Gasteiger partial charge in [0, 0.05) is 36.3 Å². The smallest absolute Gasteiger partial charge is 0.0737 e. The number of hydrogen-bond donors (Lipinski definition) is 0. The zero-order chi connectivity index (χ0) is 29.9. The first-order valence-electron chi connectivity index (χ1n) is 20.8. The molecule has 0 spiro atoms. The van der Waals surface area contributed by atoms with E-state index in [0.29, 0.717) is 24.4 Å². The summed E-state index contributed by atoms with van der Waals surface area (Å²) in [5.41, 5.74) is 3.39. The van der Waals surface area contributed by atoms with E-state index >= 15 is 0 Å². The van der Waals surface area contributed by atoms with E-state index in [2.05, 4.69) is 34.1 Å². The van der Waals surface area contributed by atoms with Crippen LogP contribution in [0.3, 0.4) is 0 Å². The number of benzene rings is 1.